The average molecular weight is 456 g/mol. The molecule has 1 aliphatic carbocycles. The molecule has 2 aromatic rings. The lowest BCUT2D eigenvalue weighted by atomic mass is 10.0. The van der Waals surface area contributed by atoms with E-state index < -0.39 is 17.5 Å². The van der Waals surface area contributed by atoms with Gasteiger partial charge in [-0.1, -0.05) is 12.8 Å². The first-order valence-electron chi connectivity index (χ1n) is 11.7. The fourth-order valence-electron chi connectivity index (χ4n) is 4.98. The van der Waals surface area contributed by atoms with Crippen LogP contribution in [0.25, 0.3) is 0 Å². The maximum Gasteiger partial charge on any atom is 0.255 e. The zero-order valence-electron chi connectivity index (χ0n) is 19.2. The van der Waals surface area contributed by atoms with Crippen molar-refractivity contribution in [1.29, 1.82) is 0 Å². The molecule has 0 aromatic heterocycles. The zero-order valence-corrected chi connectivity index (χ0v) is 19.2. The Morgan fingerprint density at radius 1 is 1.03 bits per heavy atom. The second-order valence-electron chi connectivity index (χ2n) is 9.30. The van der Waals surface area contributed by atoms with E-state index in [1.165, 1.54) is 36.4 Å². The van der Waals surface area contributed by atoms with Crippen LogP contribution in [0.2, 0.25) is 0 Å². The molecule has 1 N–H and O–H groups in total. The monoisotopic (exact) mass is 455 g/mol. The lowest BCUT2D eigenvalue weighted by Gasteiger charge is -2.41. The molecule has 1 atom stereocenters. The van der Waals surface area contributed by atoms with Gasteiger partial charge in [0.25, 0.3) is 5.91 Å². The van der Waals surface area contributed by atoms with Crippen LogP contribution >= 0.6 is 0 Å². The Labute approximate surface area is 193 Å². The summed E-state index contributed by atoms with van der Waals surface area (Å²) in [6, 6.07) is 8.15. The summed E-state index contributed by atoms with van der Waals surface area (Å²) < 4.78 is 27.5. The van der Waals surface area contributed by atoms with E-state index in [1.807, 2.05) is 11.8 Å². The third-order valence-electron chi connectivity index (χ3n) is 6.93. The highest BCUT2D eigenvalue weighted by Gasteiger charge is 2.33. The predicted octanol–water partition coefficient (Wildman–Crippen LogP) is 4.75. The summed E-state index contributed by atoms with van der Waals surface area (Å²) in [7, 11) is 0. The van der Waals surface area contributed by atoms with Crippen LogP contribution in [-0.2, 0) is 11.3 Å². The number of anilines is 1. The van der Waals surface area contributed by atoms with Crippen LogP contribution in [0.4, 0.5) is 14.5 Å². The molecule has 0 radical (unpaired) electrons. The van der Waals surface area contributed by atoms with Crippen molar-refractivity contribution < 1.29 is 18.4 Å². The standard InChI is InChI=1S/C26H31F2N3O2/c1-17-15-30(11-12-31(17)26(33)20-5-3-4-6-20)16-21-13-23(28)14-24(18(21)2)29-25(32)19-7-9-22(27)10-8-19/h7-10,13-14,17,20H,3-6,11-12,15-16H2,1-2H3,(H,29,32). The highest BCUT2D eigenvalue weighted by Crippen LogP contribution is 2.29. The number of hydrogen-bond acceptors (Lipinski definition) is 3. The van der Waals surface area contributed by atoms with Gasteiger partial charge in [-0.3, -0.25) is 14.5 Å². The fraction of sp³-hybridized carbons (Fsp3) is 0.462. The number of hydrogen-bond donors (Lipinski definition) is 1. The molecule has 2 amide bonds. The summed E-state index contributed by atoms with van der Waals surface area (Å²) in [5.41, 5.74) is 2.30. The number of halogens is 2. The van der Waals surface area contributed by atoms with Crippen molar-refractivity contribution in [2.45, 2.75) is 52.1 Å². The second-order valence-corrected chi connectivity index (χ2v) is 9.30. The molecule has 33 heavy (non-hydrogen) atoms. The summed E-state index contributed by atoms with van der Waals surface area (Å²) in [4.78, 5) is 29.6. The number of rotatable bonds is 5. The molecule has 1 heterocycles. The predicted molar refractivity (Wildman–Crippen MR) is 124 cm³/mol. The lowest BCUT2D eigenvalue weighted by molar-refractivity contribution is -0.140. The number of amides is 2. The molecule has 1 saturated carbocycles. The fourth-order valence-corrected chi connectivity index (χ4v) is 4.98. The summed E-state index contributed by atoms with van der Waals surface area (Å²) in [6.45, 7) is 6.61. The minimum absolute atomic E-state index is 0.110. The van der Waals surface area contributed by atoms with Gasteiger partial charge >= 0.3 is 0 Å². The number of carbonyl (C=O) groups is 2. The molecule has 1 unspecified atom stereocenters. The third-order valence-corrected chi connectivity index (χ3v) is 6.93. The van der Waals surface area contributed by atoms with Gasteiger partial charge < -0.3 is 10.2 Å². The molecule has 176 valence electrons. The van der Waals surface area contributed by atoms with E-state index in [4.69, 9.17) is 0 Å². The largest absolute Gasteiger partial charge is 0.337 e. The molecule has 2 aliphatic rings. The van der Waals surface area contributed by atoms with Gasteiger partial charge in [0.15, 0.2) is 0 Å². The van der Waals surface area contributed by atoms with Crippen molar-refractivity contribution in [2.75, 3.05) is 25.0 Å². The van der Waals surface area contributed by atoms with Crippen molar-refractivity contribution in [3.63, 3.8) is 0 Å². The quantitative estimate of drug-likeness (QED) is 0.708. The van der Waals surface area contributed by atoms with E-state index in [9.17, 15) is 18.4 Å². The SMILES string of the molecule is Cc1c(CN2CCN(C(=O)C3CCCC3)C(C)C2)cc(F)cc1NC(=O)c1ccc(F)cc1. The third kappa shape index (κ3) is 5.41. The molecular formula is C26H31F2N3O2. The van der Waals surface area contributed by atoms with Crippen LogP contribution in [-0.4, -0.2) is 47.3 Å². The maximum absolute atomic E-state index is 14.4. The van der Waals surface area contributed by atoms with Gasteiger partial charge in [-0.15, -0.1) is 0 Å². The van der Waals surface area contributed by atoms with Crippen LogP contribution in [0, 0.1) is 24.5 Å². The summed E-state index contributed by atoms with van der Waals surface area (Å²) in [6.07, 6.45) is 4.29. The zero-order chi connectivity index (χ0) is 23.5. The summed E-state index contributed by atoms with van der Waals surface area (Å²) in [5, 5.41) is 2.75. The van der Waals surface area contributed by atoms with E-state index in [-0.39, 0.29) is 17.9 Å². The number of nitrogens with zero attached hydrogens (tertiary/aromatic N) is 2. The second kappa shape index (κ2) is 10.00. The first-order valence-corrected chi connectivity index (χ1v) is 11.7. The Balaban J connectivity index is 1.42. The van der Waals surface area contributed by atoms with Gasteiger partial charge in [0.05, 0.1) is 0 Å². The molecule has 2 fully saturated rings. The number of piperazine rings is 1. The minimum Gasteiger partial charge on any atom is -0.337 e. The van der Waals surface area contributed by atoms with E-state index in [0.29, 0.717) is 24.3 Å². The van der Waals surface area contributed by atoms with Gasteiger partial charge in [-0.25, -0.2) is 8.78 Å². The minimum atomic E-state index is -0.423. The molecule has 0 bridgehead atoms. The van der Waals surface area contributed by atoms with Gasteiger partial charge in [0, 0.05) is 49.4 Å². The topological polar surface area (TPSA) is 52.6 Å². The number of carbonyl (C=O) groups excluding carboxylic acids is 2. The highest BCUT2D eigenvalue weighted by atomic mass is 19.1. The van der Waals surface area contributed by atoms with Crippen LogP contribution < -0.4 is 5.32 Å². The lowest BCUT2D eigenvalue weighted by Crippen LogP contribution is -2.54. The maximum atomic E-state index is 14.4. The smallest absolute Gasteiger partial charge is 0.255 e. The van der Waals surface area contributed by atoms with Gasteiger partial charge in [0.2, 0.25) is 5.91 Å². The van der Waals surface area contributed by atoms with Crippen LogP contribution in [0.5, 0.6) is 0 Å². The molecule has 7 heteroatoms. The molecule has 2 aromatic carbocycles. The molecular weight excluding hydrogens is 424 g/mol. The van der Waals surface area contributed by atoms with Crippen LogP contribution in [0.15, 0.2) is 36.4 Å². The molecule has 1 saturated heterocycles. The molecule has 4 rings (SSSR count). The first kappa shape index (κ1) is 23.4. The Bertz CT molecular complexity index is 1020. The first-order chi connectivity index (χ1) is 15.8. The van der Waals surface area contributed by atoms with E-state index in [0.717, 1.165) is 49.9 Å². The van der Waals surface area contributed by atoms with Crippen molar-refractivity contribution in [3.05, 3.63) is 64.7 Å². The molecule has 1 aliphatic heterocycles. The van der Waals surface area contributed by atoms with Gasteiger partial charge in [-0.05, 0) is 74.2 Å². The van der Waals surface area contributed by atoms with Crippen molar-refractivity contribution in [3.8, 4) is 0 Å². The summed E-state index contributed by atoms with van der Waals surface area (Å²) in [5.74, 6) is -0.797. The van der Waals surface area contributed by atoms with Crippen LogP contribution in [0.1, 0.15) is 54.1 Å². The number of benzene rings is 2. The van der Waals surface area contributed by atoms with Gasteiger partial charge in [0.1, 0.15) is 11.6 Å². The Morgan fingerprint density at radius 3 is 2.39 bits per heavy atom. The van der Waals surface area contributed by atoms with E-state index >= 15 is 0 Å². The van der Waals surface area contributed by atoms with Crippen molar-refractivity contribution in [1.82, 2.24) is 9.80 Å². The Kier molecular flexibility index (Phi) is 7.08. The summed E-state index contributed by atoms with van der Waals surface area (Å²) >= 11 is 0. The van der Waals surface area contributed by atoms with E-state index in [2.05, 4.69) is 17.1 Å². The normalized spacial score (nSPS) is 19.6. The molecule has 0 spiro atoms. The number of nitrogens with one attached hydrogen (secondary N) is 1. The Morgan fingerprint density at radius 2 is 1.73 bits per heavy atom. The van der Waals surface area contributed by atoms with Crippen molar-refractivity contribution in [2.24, 2.45) is 5.92 Å². The molecule has 5 nitrogen and oxygen atoms in total. The highest BCUT2D eigenvalue weighted by molar-refractivity contribution is 6.04. The van der Waals surface area contributed by atoms with E-state index in [1.54, 1.807) is 0 Å². The van der Waals surface area contributed by atoms with Crippen LogP contribution in [0.3, 0.4) is 0 Å². The van der Waals surface area contributed by atoms with Crippen molar-refractivity contribution >= 4 is 17.5 Å². The van der Waals surface area contributed by atoms with Gasteiger partial charge in [-0.2, -0.15) is 0 Å². The Hall–Kier alpha value is -2.80. The average Bonchev–Trinajstić information content (AvgIpc) is 3.32.